The van der Waals surface area contributed by atoms with E-state index in [0.29, 0.717) is 6.61 Å². The number of likely N-dealkylation sites (N-methyl/N-ethyl adjacent to an activating group) is 1. The van der Waals surface area contributed by atoms with Crippen molar-refractivity contribution in [3.63, 3.8) is 0 Å². The highest BCUT2D eigenvalue weighted by atomic mass is 35.5. The van der Waals surface area contributed by atoms with Gasteiger partial charge in [-0.3, -0.25) is 10.1 Å². The highest BCUT2D eigenvalue weighted by Gasteiger charge is 2.02. The average molecular weight is 519 g/mol. The van der Waals surface area contributed by atoms with Gasteiger partial charge in [0.1, 0.15) is 5.75 Å². The Morgan fingerprint density at radius 1 is 1.00 bits per heavy atom. The SMILES string of the molecule is C.CCl.CN1CCOCC1.COC.COCc1ccccc1.COc1cccc(C)c1.C[N+](=O)[O-]. The van der Waals surface area contributed by atoms with Gasteiger partial charge in [-0.25, -0.2) is 0 Å². The molecule has 9 heteroatoms. The standard InChI is InChI=1S/2C8H10O.C5H11NO.C2H6O.CH3Cl.CH3NO2.CH4/c1-7-4-3-5-8(6-7)9-2;1-9-7-8-5-3-2-4-6-8;1-6-2-4-7-5-3-6;1-3-2;1-2;1-2(3)4;/h3-6H,1-2H3;2-6H,7H2,1H3;2-5H2,1H3;1-2H3;1H3;1H3;1H4. The quantitative estimate of drug-likeness (QED) is 0.304. The van der Waals surface area contributed by atoms with Crippen molar-refractivity contribution in [1.82, 2.24) is 4.90 Å². The van der Waals surface area contributed by atoms with Crippen LogP contribution in [0.3, 0.4) is 0 Å². The van der Waals surface area contributed by atoms with Crippen molar-refractivity contribution >= 4 is 11.6 Å². The summed E-state index contributed by atoms with van der Waals surface area (Å²) in [6.45, 7) is 6.77. The van der Waals surface area contributed by atoms with Gasteiger partial charge < -0.3 is 23.8 Å². The van der Waals surface area contributed by atoms with Gasteiger partial charge in [0.2, 0.25) is 0 Å². The maximum atomic E-state index is 8.81. The first-order valence-electron chi connectivity index (χ1n) is 10.6. The predicted molar refractivity (Wildman–Crippen MR) is 148 cm³/mol. The molecule has 2 aromatic carbocycles. The van der Waals surface area contributed by atoms with E-state index in [1.807, 2.05) is 61.5 Å². The van der Waals surface area contributed by atoms with Crippen molar-refractivity contribution in [2.24, 2.45) is 0 Å². The first-order chi connectivity index (χ1) is 16.3. The maximum Gasteiger partial charge on any atom is 0.194 e. The summed E-state index contributed by atoms with van der Waals surface area (Å²) in [6, 6.07) is 18.1. The third-order valence-corrected chi connectivity index (χ3v) is 3.61. The monoisotopic (exact) mass is 518 g/mol. The van der Waals surface area contributed by atoms with E-state index in [1.54, 1.807) is 28.4 Å². The molecule has 204 valence electrons. The molecule has 1 aliphatic rings. The molecule has 0 aliphatic carbocycles. The molecule has 0 unspecified atom stereocenters. The van der Waals surface area contributed by atoms with Gasteiger partial charge in [-0.1, -0.05) is 49.9 Å². The lowest BCUT2D eigenvalue weighted by Crippen LogP contribution is -2.32. The molecule has 0 spiro atoms. The van der Waals surface area contributed by atoms with E-state index in [1.165, 1.54) is 17.5 Å². The number of hydrogen-bond acceptors (Lipinski definition) is 7. The van der Waals surface area contributed by atoms with Crippen LogP contribution in [-0.2, 0) is 20.8 Å². The molecule has 1 heterocycles. The average Bonchev–Trinajstić information content (AvgIpc) is 2.83. The lowest BCUT2D eigenvalue weighted by Gasteiger charge is -2.21. The molecule has 0 aromatic heterocycles. The molecule has 0 atom stereocenters. The molecule has 3 rings (SSSR count). The van der Waals surface area contributed by atoms with E-state index in [4.69, 9.17) is 24.3 Å². The zero-order chi connectivity index (χ0) is 26.6. The van der Waals surface area contributed by atoms with Crippen molar-refractivity contribution < 1.29 is 23.9 Å². The van der Waals surface area contributed by atoms with E-state index in [0.717, 1.165) is 39.1 Å². The summed E-state index contributed by atoms with van der Waals surface area (Å²) in [5.41, 5.74) is 2.45. The van der Waals surface area contributed by atoms with Gasteiger partial charge in [0.15, 0.2) is 7.05 Å². The summed E-state index contributed by atoms with van der Waals surface area (Å²) in [7, 11) is 9.63. The van der Waals surface area contributed by atoms with Gasteiger partial charge in [0.25, 0.3) is 0 Å². The Morgan fingerprint density at radius 3 is 1.80 bits per heavy atom. The Bertz CT molecular complexity index is 668. The second-order valence-electron chi connectivity index (χ2n) is 6.70. The number of methoxy groups -OCH3 is 3. The minimum absolute atomic E-state index is 0. The van der Waals surface area contributed by atoms with E-state index in [9.17, 15) is 0 Å². The molecule has 0 radical (unpaired) electrons. The Kier molecular flexibility index (Phi) is 36.3. The van der Waals surface area contributed by atoms with Crippen LogP contribution >= 0.6 is 11.6 Å². The molecule has 35 heavy (non-hydrogen) atoms. The third kappa shape index (κ3) is 34.0. The number of rotatable bonds is 3. The summed E-state index contributed by atoms with van der Waals surface area (Å²) in [6.07, 6.45) is 1.47. The number of alkyl halides is 1. The van der Waals surface area contributed by atoms with Crippen LogP contribution in [0.1, 0.15) is 18.6 Å². The fourth-order valence-corrected chi connectivity index (χ4v) is 2.14. The van der Waals surface area contributed by atoms with Crippen LogP contribution < -0.4 is 4.74 Å². The zero-order valence-electron chi connectivity index (χ0n) is 22.0. The first-order valence-corrected chi connectivity index (χ1v) is 11.3. The first kappa shape index (κ1) is 40.0. The largest absolute Gasteiger partial charge is 0.497 e. The lowest BCUT2D eigenvalue weighted by molar-refractivity contribution is -0.445. The van der Waals surface area contributed by atoms with Crippen molar-refractivity contribution in [1.29, 1.82) is 0 Å². The number of benzene rings is 2. The minimum atomic E-state index is -0.500. The van der Waals surface area contributed by atoms with Crippen LogP contribution in [0.15, 0.2) is 54.6 Å². The smallest absolute Gasteiger partial charge is 0.194 e. The summed E-state index contributed by atoms with van der Waals surface area (Å²) in [4.78, 5) is 10.6. The van der Waals surface area contributed by atoms with Crippen molar-refractivity contribution in [2.45, 2.75) is 21.0 Å². The fourth-order valence-electron chi connectivity index (χ4n) is 2.14. The highest BCUT2D eigenvalue weighted by Crippen LogP contribution is 2.10. The van der Waals surface area contributed by atoms with Gasteiger partial charge in [-0.15, -0.1) is 11.6 Å². The number of hydrogen-bond donors (Lipinski definition) is 0. The van der Waals surface area contributed by atoms with Crippen LogP contribution in [0.2, 0.25) is 0 Å². The van der Waals surface area contributed by atoms with E-state index in [-0.39, 0.29) is 7.43 Å². The van der Waals surface area contributed by atoms with Gasteiger partial charge in [-0.2, -0.15) is 0 Å². The molecule has 0 saturated carbocycles. The van der Waals surface area contributed by atoms with Crippen molar-refractivity contribution in [3.8, 4) is 5.75 Å². The molecule has 0 amide bonds. The topological polar surface area (TPSA) is 83.3 Å². The molecular formula is C26H47ClN2O6. The van der Waals surface area contributed by atoms with Gasteiger partial charge in [-0.05, 0) is 37.2 Å². The maximum absolute atomic E-state index is 8.81. The van der Waals surface area contributed by atoms with Crippen LogP contribution in [0.25, 0.3) is 0 Å². The second kappa shape index (κ2) is 31.8. The lowest BCUT2D eigenvalue weighted by atomic mass is 10.2. The molecule has 2 aromatic rings. The molecule has 1 fully saturated rings. The van der Waals surface area contributed by atoms with Crippen molar-refractivity contribution in [2.75, 3.05) is 75.2 Å². The Hall–Kier alpha value is -2.23. The number of nitrogens with zero attached hydrogens (tertiary/aromatic N) is 2. The zero-order valence-corrected chi connectivity index (χ0v) is 22.7. The molecule has 1 saturated heterocycles. The number of nitro groups is 1. The third-order valence-electron chi connectivity index (χ3n) is 3.61. The van der Waals surface area contributed by atoms with Crippen LogP contribution in [0, 0.1) is 17.0 Å². The summed E-state index contributed by atoms with van der Waals surface area (Å²) in [5.74, 6) is 0.926. The minimum Gasteiger partial charge on any atom is -0.497 e. The Balaban J connectivity index is -0.000000175. The fraction of sp³-hybridized carbons (Fsp3) is 0.538. The number of halogens is 1. The normalized spacial score (nSPS) is 11.2. The second-order valence-corrected chi connectivity index (χ2v) is 6.70. The number of ether oxygens (including phenoxy) is 4. The molecular weight excluding hydrogens is 472 g/mol. The van der Waals surface area contributed by atoms with Gasteiger partial charge in [0, 0.05) is 45.7 Å². The van der Waals surface area contributed by atoms with E-state index >= 15 is 0 Å². The molecule has 8 nitrogen and oxygen atoms in total. The van der Waals surface area contributed by atoms with E-state index in [2.05, 4.69) is 28.3 Å². The predicted octanol–water partition coefficient (Wildman–Crippen LogP) is 5.43. The Morgan fingerprint density at radius 2 is 1.49 bits per heavy atom. The Labute approximate surface area is 218 Å². The van der Waals surface area contributed by atoms with Crippen LogP contribution in [0.4, 0.5) is 0 Å². The summed E-state index contributed by atoms with van der Waals surface area (Å²) in [5, 5.41) is 8.81. The highest BCUT2D eigenvalue weighted by molar-refractivity contribution is 6.15. The summed E-state index contributed by atoms with van der Waals surface area (Å²) < 4.78 is 19.3. The van der Waals surface area contributed by atoms with Crippen LogP contribution in [0.5, 0.6) is 5.75 Å². The molecule has 0 N–H and O–H groups in total. The molecule has 0 bridgehead atoms. The van der Waals surface area contributed by atoms with E-state index < -0.39 is 4.92 Å². The molecule has 1 aliphatic heterocycles. The van der Waals surface area contributed by atoms with Gasteiger partial charge in [0.05, 0.1) is 26.9 Å². The number of morpholine rings is 1. The van der Waals surface area contributed by atoms with Gasteiger partial charge >= 0.3 is 0 Å². The van der Waals surface area contributed by atoms with Crippen LogP contribution in [-0.4, -0.2) is 85.0 Å². The summed E-state index contributed by atoms with van der Waals surface area (Å²) >= 11 is 4.64. The number of aryl methyl sites for hydroxylation is 1. The van der Waals surface area contributed by atoms with Crippen molar-refractivity contribution in [3.05, 3.63) is 75.8 Å².